The lowest BCUT2D eigenvalue weighted by atomic mass is 9.83. The van der Waals surface area contributed by atoms with Crippen LogP contribution in [0, 0.1) is 12.8 Å². The average molecular weight is 381 g/mol. The van der Waals surface area contributed by atoms with Crippen LogP contribution in [0.15, 0.2) is 12.1 Å². The van der Waals surface area contributed by atoms with Crippen LogP contribution in [0.5, 0.6) is 5.75 Å². The van der Waals surface area contributed by atoms with Crippen LogP contribution in [0.1, 0.15) is 70.1 Å². The number of aliphatic hydroxyl groups is 1. The summed E-state index contributed by atoms with van der Waals surface area (Å²) in [5.74, 6) is -1.00. The minimum Gasteiger partial charge on any atom is -0.507 e. The summed E-state index contributed by atoms with van der Waals surface area (Å²) in [5.41, 5.74) is 2.98. The van der Waals surface area contributed by atoms with Crippen molar-refractivity contribution >= 4 is 5.97 Å². The molecule has 2 atom stereocenters. The molecule has 5 heteroatoms. The van der Waals surface area contributed by atoms with E-state index in [0.29, 0.717) is 12.2 Å². The van der Waals surface area contributed by atoms with Crippen molar-refractivity contribution in [3.63, 3.8) is 0 Å². The van der Waals surface area contributed by atoms with Crippen molar-refractivity contribution in [1.82, 2.24) is 0 Å². The third-order valence-electron chi connectivity index (χ3n) is 5.00. The fourth-order valence-electron chi connectivity index (χ4n) is 3.35. The van der Waals surface area contributed by atoms with Crippen molar-refractivity contribution in [3.8, 4) is 5.75 Å². The zero-order chi connectivity index (χ0) is 20.6. The van der Waals surface area contributed by atoms with Gasteiger partial charge in [-0.1, -0.05) is 45.7 Å². The van der Waals surface area contributed by atoms with Gasteiger partial charge >= 0.3 is 5.97 Å². The number of aromatic hydroxyl groups is 1. The number of carbonyl (C=O) groups is 1. The number of hydrogen-bond acceptors (Lipinski definition) is 4. The first-order valence-electron chi connectivity index (χ1n) is 9.86. The Morgan fingerprint density at radius 2 is 1.85 bits per heavy atom. The van der Waals surface area contributed by atoms with E-state index in [0.717, 1.165) is 36.8 Å². The molecule has 0 aromatic heterocycles. The van der Waals surface area contributed by atoms with E-state index in [1.165, 1.54) is 5.56 Å². The van der Waals surface area contributed by atoms with E-state index < -0.39 is 18.0 Å². The zero-order valence-electron chi connectivity index (χ0n) is 17.4. The van der Waals surface area contributed by atoms with E-state index in [4.69, 9.17) is 9.84 Å². The maximum Gasteiger partial charge on any atom is 0.309 e. The quantitative estimate of drug-likeness (QED) is 0.501. The van der Waals surface area contributed by atoms with Crippen molar-refractivity contribution < 1.29 is 24.9 Å². The third kappa shape index (κ3) is 7.51. The minimum absolute atomic E-state index is 0.0979. The Balaban J connectivity index is 2.54. The maximum atomic E-state index is 11.4. The van der Waals surface area contributed by atoms with Crippen molar-refractivity contribution in [3.05, 3.63) is 28.8 Å². The number of aryl methyl sites for hydroxylation is 2. The van der Waals surface area contributed by atoms with E-state index in [2.05, 4.69) is 26.8 Å². The van der Waals surface area contributed by atoms with Crippen LogP contribution in [0.4, 0.5) is 0 Å². The molecule has 1 aromatic carbocycles. The van der Waals surface area contributed by atoms with E-state index in [1.54, 1.807) is 6.92 Å². The molecular formula is C22H36O5. The van der Waals surface area contributed by atoms with Gasteiger partial charge in [-0.15, -0.1) is 0 Å². The lowest BCUT2D eigenvalue weighted by Crippen LogP contribution is -2.29. The summed E-state index contributed by atoms with van der Waals surface area (Å²) in [6.07, 6.45) is 3.84. The molecule has 0 saturated heterocycles. The second-order valence-corrected chi connectivity index (χ2v) is 8.40. The fourth-order valence-corrected chi connectivity index (χ4v) is 3.35. The molecule has 3 N–H and O–H groups in total. The van der Waals surface area contributed by atoms with Crippen molar-refractivity contribution in [2.24, 2.45) is 5.92 Å². The highest BCUT2D eigenvalue weighted by molar-refractivity contribution is 5.70. The summed E-state index contributed by atoms with van der Waals surface area (Å²) in [6.45, 7) is 10.0. The highest BCUT2D eigenvalue weighted by Crippen LogP contribution is 2.34. The number of unbranched alkanes of at least 4 members (excludes halogenated alkanes) is 2. The molecule has 27 heavy (non-hydrogen) atoms. The maximum absolute atomic E-state index is 11.4. The van der Waals surface area contributed by atoms with Crippen LogP contribution in [-0.4, -0.2) is 40.6 Å². The van der Waals surface area contributed by atoms with Gasteiger partial charge in [-0.3, -0.25) is 4.79 Å². The predicted octanol–water partition coefficient (Wildman–Crippen LogP) is 4.20. The molecule has 0 saturated carbocycles. The number of benzene rings is 1. The van der Waals surface area contributed by atoms with Crippen LogP contribution in [0.2, 0.25) is 0 Å². The van der Waals surface area contributed by atoms with Crippen molar-refractivity contribution in [2.45, 2.75) is 78.2 Å². The van der Waals surface area contributed by atoms with Gasteiger partial charge in [-0.05, 0) is 55.2 Å². The summed E-state index contributed by atoms with van der Waals surface area (Å²) in [4.78, 5) is 11.4. The summed E-state index contributed by atoms with van der Waals surface area (Å²) in [7, 11) is 0. The topological polar surface area (TPSA) is 87.0 Å². The number of rotatable bonds is 11. The largest absolute Gasteiger partial charge is 0.507 e. The number of phenols is 1. The van der Waals surface area contributed by atoms with Crippen LogP contribution in [0.25, 0.3) is 0 Å². The van der Waals surface area contributed by atoms with Crippen LogP contribution in [-0.2, 0) is 21.4 Å². The molecule has 0 aliphatic carbocycles. The lowest BCUT2D eigenvalue weighted by Gasteiger charge is -2.23. The number of aliphatic carboxylic acids is 1. The molecule has 1 rings (SSSR count). The molecule has 2 unspecified atom stereocenters. The Morgan fingerprint density at radius 1 is 1.19 bits per heavy atom. The van der Waals surface area contributed by atoms with Crippen molar-refractivity contribution in [1.29, 1.82) is 0 Å². The van der Waals surface area contributed by atoms with Gasteiger partial charge in [0, 0.05) is 0 Å². The molecule has 0 radical (unpaired) electrons. The SMILES string of the molecule is Cc1cc(CCCCCC(C(=O)O)C(C)OCCO)cc(C(C)(C)C)c1O. The Kier molecular flexibility index (Phi) is 9.27. The number of carboxylic acid groups (broad SMARTS) is 1. The summed E-state index contributed by atoms with van der Waals surface area (Å²) >= 11 is 0. The zero-order valence-corrected chi connectivity index (χ0v) is 17.4. The van der Waals surface area contributed by atoms with E-state index >= 15 is 0 Å². The Labute approximate surface area is 163 Å². The molecule has 154 valence electrons. The highest BCUT2D eigenvalue weighted by atomic mass is 16.5. The normalized spacial score (nSPS) is 14.1. The highest BCUT2D eigenvalue weighted by Gasteiger charge is 2.24. The second-order valence-electron chi connectivity index (χ2n) is 8.40. The van der Waals surface area contributed by atoms with Gasteiger partial charge in [-0.25, -0.2) is 0 Å². The predicted molar refractivity (Wildman–Crippen MR) is 107 cm³/mol. The molecule has 5 nitrogen and oxygen atoms in total. The van der Waals surface area contributed by atoms with Crippen LogP contribution < -0.4 is 0 Å². The van der Waals surface area contributed by atoms with Gasteiger partial charge in [0.15, 0.2) is 0 Å². The Hall–Kier alpha value is -1.59. The van der Waals surface area contributed by atoms with Gasteiger partial charge < -0.3 is 20.1 Å². The third-order valence-corrected chi connectivity index (χ3v) is 5.00. The summed E-state index contributed by atoms with van der Waals surface area (Å²) < 4.78 is 5.36. The molecule has 0 aliphatic heterocycles. The first kappa shape index (κ1) is 23.4. The number of aliphatic hydroxyl groups excluding tert-OH is 1. The molecule has 1 aromatic rings. The van der Waals surface area contributed by atoms with Crippen molar-refractivity contribution in [2.75, 3.05) is 13.2 Å². The average Bonchev–Trinajstić information content (AvgIpc) is 2.57. The van der Waals surface area contributed by atoms with Crippen LogP contribution in [0.3, 0.4) is 0 Å². The Bertz CT molecular complexity index is 603. The summed E-state index contributed by atoms with van der Waals surface area (Å²) in [6, 6.07) is 4.13. The smallest absolute Gasteiger partial charge is 0.309 e. The molecule has 0 bridgehead atoms. The number of ether oxygens (including phenoxy) is 1. The molecule has 0 heterocycles. The minimum atomic E-state index is -0.843. The van der Waals surface area contributed by atoms with Gasteiger partial charge in [-0.2, -0.15) is 0 Å². The second kappa shape index (κ2) is 10.7. The monoisotopic (exact) mass is 380 g/mol. The molecule has 0 aliphatic rings. The standard InChI is InChI=1S/C22H36O5/c1-15-13-17(14-19(20(15)24)22(3,4)5)9-7-6-8-10-18(21(25)26)16(2)27-12-11-23/h13-14,16,18,23-24H,6-12H2,1-5H3,(H,25,26). The van der Waals surface area contributed by atoms with Crippen LogP contribution >= 0.6 is 0 Å². The lowest BCUT2D eigenvalue weighted by molar-refractivity contribution is -0.147. The molecular weight excluding hydrogens is 344 g/mol. The van der Waals surface area contributed by atoms with E-state index in [-0.39, 0.29) is 18.6 Å². The molecule has 0 fully saturated rings. The van der Waals surface area contributed by atoms with Gasteiger partial charge in [0.05, 0.1) is 25.2 Å². The molecule has 0 spiro atoms. The van der Waals surface area contributed by atoms with Gasteiger partial charge in [0.2, 0.25) is 0 Å². The first-order chi connectivity index (χ1) is 12.6. The first-order valence-corrected chi connectivity index (χ1v) is 9.86. The van der Waals surface area contributed by atoms with Gasteiger partial charge in [0.1, 0.15) is 5.75 Å². The number of carboxylic acids is 1. The molecule has 0 amide bonds. The van der Waals surface area contributed by atoms with E-state index in [9.17, 15) is 15.0 Å². The number of phenolic OH excluding ortho intramolecular Hbond substituents is 1. The fraction of sp³-hybridized carbons (Fsp3) is 0.682. The van der Waals surface area contributed by atoms with E-state index in [1.807, 2.05) is 13.0 Å². The van der Waals surface area contributed by atoms with Gasteiger partial charge in [0.25, 0.3) is 0 Å². The summed E-state index contributed by atoms with van der Waals surface area (Å²) in [5, 5.41) is 28.5. The number of hydrogen-bond donors (Lipinski definition) is 3. The Morgan fingerprint density at radius 3 is 2.41 bits per heavy atom.